The molecule has 2 atom stereocenters. The Kier molecular flexibility index (Phi) is 6.96. The van der Waals surface area contributed by atoms with E-state index in [0.717, 1.165) is 11.1 Å². The Balaban J connectivity index is 1.33. The molecule has 2 aromatic carbocycles. The highest BCUT2D eigenvalue weighted by atomic mass is 16.5. The lowest BCUT2D eigenvalue weighted by atomic mass is 9.97. The third-order valence-electron chi connectivity index (χ3n) is 6.70. The quantitative estimate of drug-likeness (QED) is 0.664. The lowest BCUT2D eigenvalue weighted by Gasteiger charge is -2.31. The Hall–Kier alpha value is -3.35. The zero-order chi connectivity index (χ0) is 23.4. The Bertz CT molecular complexity index is 991. The zero-order valence-electron chi connectivity index (χ0n) is 18.8. The Morgan fingerprint density at radius 1 is 1.09 bits per heavy atom. The van der Waals surface area contributed by atoms with Crippen LogP contribution in [0.15, 0.2) is 48.5 Å². The van der Waals surface area contributed by atoms with Crippen molar-refractivity contribution in [3.8, 4) is 11.1 Å². The Morgan fingerprint density at radius 3 is 2.33 bits per heavy atom. The molecule has 0 bridgehead atoms. The number of hydrogen-bond acceptors (Lipinski definition) is 4. The molecule has 1 saturated heterocycles. The molecular formula is C26H30N2O5. The molecule has 1 heterocycles. The van der Waals surface area contributed by atoms with Crippen molar-refractivity contribution < 1.29 is 24.2 Å². The van der Waals surface area contributed by atoms with Gasteiger partial charge in [-0.1, -0.05) is 55.5 Å². The molecule has 2 aliphatic rings. The van der Waals surface area contributed by atoms with Crippen LogP contribution in [0.4, 0.5) is 4.79 Å². The van der Waals surface area contributed by atoms with E-state index in [9.17, 15) is 19.5 Å². The first-order valence-electron chi connectivity index (χ1n) is 11.6. The molecule has 174 valence electrons. The molecule has 2 N–H and O–H groups in total. The van der Waals surface area contributed by atoms with Crippen molar-refractivity contribution in [1.82, 2.24) is 10.2 Å². The minimum Gasteiger partial charge on any atom is -0.481 e. The molecule has 0 saturated carbocycles. The maximum atomic E-state index is 12.7. The average Bonchev–Trinajstić information content (AvgIpc) is 3.16. The lowest BCUT2D eigenvalue weighted by molar-refractivity contribution is -0.145. The highest BCUT2D eigenvalue weighted by Gasteiger charge is 2.31. The van der Waals surface area contributed by atoms with Crippen molar-refractivity contribution in [2.45, 2.75) is 44.6 Å². The summed E-state index contributed by atoms with van der Waals surface area (Å²) in [6.07, 6.45) is 1.44. The van der Waals surface area contributed by atoms with Crippen molar-refractivity contribution in [3.63, 3.8) is 0 Å². The molecule has 7 nitrogen and oxygen atoms in total. The molecule has 1 aliphatic carbocycles. The largest absolute Gasteiger partial charge is 0.481 e. The number of carbonyl (C=O) groups excluding carboxylic acids is 2. The average molecular weight is 451 g/mol. The van der Waals surface area contributed by atoms with Gasteiger partial charge in [0.15, 0.2) is 0 Å². The highest BCUT2D eigenvalue weighted by Crippen LogP contribution is 2.44. The van der Waals surface area contributed by atoms with Gasteiger partial charge in [0.1, 0.15) is 6.61 Å². The van der Waals surface area contributed by atoms with Crippen LogP contribution >= 0.6 is 0 Å². The summed E-state index contributed by atoms with van der Waals surface area (Å²) in [4.78, 5) is 38.1. The van der Waals surface area contributed by atoms with E-state index >= 15 is 0 Å². The molecule has 1 fully saturated rings. The minimum absolute atomic E-state index is 0.0221. The van der Waals surface area contributed by atoms with Gasteiger partial charge in [0.2, 0.25) is 5.91 Å². The molecule has 0 unspecified atom stereocenters. The smallest absolute Gasteiger partial charge is 0.407 e. The van der Waals surface area contributed by atoms with E-state index in [0.29, 0.717) is 25.8 Å². The van der Waals surface area contributed by atoms with Gasteiger partial charge in [0, 0.05) is 31.5 Å². The number of carboxylic acids is 1. The normalized spacial score (nSPS) is 18.2. The summed E-state index contributed by atoms with van der Waals surface area (Å²) in [5.74, 6) is -1.54. The van der Waals surface area contributed by atoms with Crippen molar-refractivity contribution >= 4 is 18.0 Å². The van der Waals surface area contributed by atoms with Crippen LogP contribution in [-0.4, -0.2) is 53.7 Å². The summed E-state index contributed by atoms with van der Waals surface area (Å²) in [5.41, 5.74) is 4.62. The fourth-order valence-electron chi connectivity index (χ4n) is 4.85. The number of amides is 2. The lowest BCUT2D eigenvalue weighted by Crippen LogP contribution is -2.45. The maximum absolute atomic E-state index is 12.7. The highest BCUT2D eigenvalue weighted by molar-refractivity contribution is 5.80. The first-order valence-corrected chi connectivity index (χ1v) is 11.6. The first-order chi connectivity index (χ1) is 16.0. The molecule has 4 rings (SSSR count). The second-order valence-corrected chi connectivity index (χ2v) is 8.80. The van der Waals surface area contributed by atoms with Gasteiger partial charge in [-0.3, -0.25) is 9.59 Å². The van der Waals surface area contributed by atoms with Gasteiger partial charge in [-0.25, -0.2) is 4.79 Å². The number of benzene rings is 2. The number of alkyl carbamates (subject to hydrolysis) is 1. The van der Waals surface area contributed by atoms with E-state index in [1.54, 1.807) is 4.90 Å². The summed E-state index contributed by atoms with van der Waals surface area (Å²) in [7, 11) is 0. The second kappa shape index (κ2) is 10.1. The van der Waals surface area contributed by atoms with Crippen LogP contribution < -0.4 is 5.32 Å². The standard InChI is InChI=1S/C26H30N2O5/c1-2-18(14-24(29)28-13-7-8-17(15-28)25(30)31)27-26(32)33-16-23-21-11-5-3-9-19(21)20-10-4-6-12-22(20)23/h3-6,9-12,17-18,23H,2,7-8,13-16H2,1H3,(H,27,32)(H,30,31)/t17-,18-/m0/s1. The van der Waals surface area contributed by atoms with Crippen LogP contribution in [0.1, 0.15) is 49.7 Å². The predicted molar refractivity (Wildman–Crippen MR) is 124 cm³/mol. The number of nitrogens with zero attached hydrogens (tertiary/aromatic N) is 1. The zero-order valence-corrected chi connectivity index (χ0v) is 18.8. The predicted octanol–water partition coefficient (Wildman–Crippen LogP) is 4.02. The van der Waals surface area contributed by atoms with Crippen LogP contribution in [0.2, 0.25) is 0 Å². The molecule has 2 aromatic rings. The maximum Gasteiger partial charge on any atom is 0.407 e. The van der Waals surface area contributed by atoms with Gasteiger partial charge in [-0.15, -0.1) is 0 Å². The van der Waals surface area contributed by atoms with E-state index in [1.165, 1.54) is 11.1 Å². The van der Waals surface area contributed by atoms with E-state index in [2.05, 4.69) is 29.6 Å². The number of hydrogen-bond donors (Lipinski definition) is 2. The number of nitrogens with one attached hydrogen (secondary N) is 1. The number of piperidine rings is 1. The Morgan fingerprint density at radius 2 is 1.73 bits per heavy atom. The summed E-state index contributed by atoms with van der Waals surface area (Å²) in [6.45, 7) is 2.91. The topological polar surface area (TPSA) is 95.9 Å². The monoisotopic (exact) mass is 450 g/mol. The number of carboxylic acid groups (broad SMARTS) is 1. The number of fused-ring (bicyclic) bond motifs is 3. The van der Waals surface area contributed by atoms with Crippen molar-refractivity contribution in [2.24, 2.45) is 5.92 Å². The third kappa shape index (κ3) is 5.02. The number of ether oxygens (including phenoxy) is 1. The summed E-state index contributed by atoms with van der Waals surface area (Å²) in [6, 6.07) is 15.9. The van der Waals surface area contributed by atoms with Gasteiger partial charge in [0.05, 0.1) is 5.92 Å². The van der Waals surface area contributed by atoms with Crippen molar-refractivity contribution in [1.29, 1.82) is 0 Å². The van der Waals surface area contributed by atoms with Crippen molar-refractivity contribution in [3.05, 3.63) is 59.7 Å². The van der Waals surface area contributed by atoms with E-state index in [4.69, 9.17) is 4.74 Å². The van der Waals surface area contributed by atoms with Gasteiger partial charge in [-0.05, 0) is 41.5 Å². The van der Waals surface area contributed by atoms with E-state index in [1.807, 2.05) is 31.2 Å². The second-order valence-electron chi connectivity index (χ2n) is 8.80. The van der Waals surface area contributed by atoms with E-state index < -0.39 is 18.0 Å². The minimum atomic E-state index is -0.865. The number of aliphatic carboxylic acids is 1. The van der Waals surface area contributed by atoms with Crippen LogP contribution in [0, 0.1) is 5.92 Å². The molecule has 2 amide bonds. The SMILES string of the molecule is CC[C@@H](CC(=O)N1CCC[C@H](C(=O)O)C1)NC(=O)OCC1c2ccccc2-c2ccccc21. The molecule has 0 aromatic heterocycles. The fourth-order valence-corrected chi connectivity index (χ4v) is 4.85. The molecule has 33 heavy (non-hydrogen) atoms. The number of likely N-dealkylation sites (tertiary alicyclic amines) is 1. The summed E-state index contributed by atoms with van der Waals surface area (Å²) < 4.78 is 5.59. The van der Waals surface area contributed by atoms with Crippen molar-refractivity contribution in [2.75, 3.05) is 19.7 Å². The summed E-state index contributed by atoms with van der Waals surface area (Å²) in [5, 5.41) is 12.1. The van der Waals surface area contributed by atoms with E-state index in [-0.39, 0.29) is 37.4 Å². The van der Waals surface area contributed by atoms with Gasteiger partial charge < -0.3 is 20.1 Å². The van der Waals surface area contributed by atoms with Gasteiger partial charge in [-0.2, -0.15) is 0 Å². The van der Waals surface area contributed by atoms with Crippen LogP contribution in [-0.2, 0) is 14.3 Å². The van der Waals surface area contributed by atoms with Crippen LogP contribution in [0.3, 0.4) is 0 Å². The van der Waals surface area contributed by atoms with Crippen LogP contribution in [0.5, 0.6) is 0 Å². The molecule has 1 aliphatic heterocycles. The number of carbonyl (C=O) groups is 3. The molecular weight excluding hydrogens is 420 g/mol. The first kappa shape index (κ1) is 22.8. The number of rotatable bonds is 7. The van der Waals surface area contributed by atoms with Gasteiger partial charge >= 0.3 is 12.1 Å². The third-order valence-corrected chi connectivity index (χ3v) is 6.70. The van der Waals surface area contributed by atoms with Crippen LogP contribution in [0.25, 0.3) is 11.1 Å². The molecule has 0 radical (unpaired) electrons. The fraction of sp³-hybridized carbons (Fsp3) is 0.423. The summed E-state index contributed by atoms with van der Waals surface area (Å²) >= 11 is 0. The molecule has 7 heteroatoms. The Labute approximate surface area is 193 Å². The van der Waals surface area contributed by atoms with Gasteiger partial charge in [0.25, 0.3) is 0 Å². The molecule has 0 spiro atoms.